The van der Waals surface area contributed by atoms with Gasteiger partial charge in [-0.25, -0.2) is 0 Å². The zero-order chi connectivity index (χ0) is 11.5. The lowest BCUT2D eigenvalue weighted by molar-refractivity contribution is 0.159. The summed E-state index contributed by atoms with van der Waals surface area (Å²) in [5.41, 5.74) is 7.28. The van der Waals surface area contributed by atoms with E-state index in [0.29, 0.717) is 12.1 Å². The van der Waals surface area contributed by atoms with Gasteiger partial charge < -0.3 is 5.73 Å². The van der Waals surface area contributed by atoms with E-state index in [4.69, 9.17) is 17.3 Å². The Morgan fingerprint density at radius 2 is 2.24 bits per heavy atom. The fourth-order valence-electron chi connectivity index (χ4n) is 2.37. The van der Waals surface area contributed by atoms with Crippen LogP contribution in [0.15, 0.2) is 24.3 Å². The molecular weight excluding hydrogens is 255 g/mol. The van der Waals surface area contributed by atoms with E-state index in [1.165, 1.54) is 12.0 Å². The summed E-state index contributed by atoms with van der Waals surface area (Å²) in [5, 5.41) is 0.811. The average Bonchev–Trinajstić information content (AvgIpc) is 2.28. The second kappa shape index (κ2) is 6.60. The molecule has 1 aliphatic heterocycles. The van der Waals surface area contributed by atoms with Crippen LogP contribution in [-0.2, 0) is 0 Å². The highest BCUT2D eigenvalue weighted by Crippen LogP contribution is 2.25. The van der Waals surface area contributed by atoms with Gasteiger partial charge in [-0.1, -0.05) is 23.7 Å². The van der Waals surface area contributed by atoms with E-state index in [-0.39, 0.29) is 12.4 Å². The second-order valence-electron chi connectivity index (χ2n) is 4.63. The number of hydrogen-bond donors (Lipinski definition) is 1. The highest BCUT2D eigenvalue weighted by atomic mass is 35.5. The molecule has 0 spiro atoms. The summed E-state index contributed by atoms with van der Waals surface area (Å²) in [5.74, 6) is 0. The van der Waals surface area contributed by atoms with Crippen LogP contribution in [0.4, 0.5) is 0 Å². The van der Waals surface area contributed by atoms with Gasteiger partial charge in [0, 0.05) is 23.7 Å². The van der Waals surface area contributed by atoms with E-state index in [1.807, 2.05) is 18.2 Å². The number of piperidine rings is 1. The van der Waals surface area contributed by atoms with Crippen molar-refractivity contribution in [3.05, 3.63) is 34.9 Å². The lowest BCUT2D eigenvalue weighted by Crippen LogP contribution is -2.43. The first-order chi connectivity index (χ1) is 7.66. The molecule has 1 fully saturated rings. The first kappa shape index (κ1) is 14.8. The predicted molar refractivity (Wildman–Crippen MR) is 75.9 cm³/mol. The Morgan fingerprint density at radius 1 is 1.47 bits per heavy atom. The maximum Gasteiger partial charge on any atom is 0.0409 e. The summed E-state index contributed by atoms with van der Waals surface area (Å²) >= 11 is 6.01. The molecule has 2 nitrogen and oxygen atoms in total. The molecule has 1 saturated heterocycles. The van der Waals surface area contributed by atoms with Crippen LogP contribution in [0.25, 0.3) is 0 Å². The lowest BCUT2D eigenvalue weighted by atomic mass is 10.0. The summed E-state index contributed by atoms with van der Waals surface area (Å²) in [6.45, 7) is 4.36. The quantitative estimate of drug-likeness (QED) is 0.897. The number of nitrogens with zero attached hydrogens (tertiary/aromatic N) is 1. The number of halogens is 2. The molecule has 0 amide bonds. The van der Waals surface area contributed by atoms with Crippen molar-refractivity contribution in [2.75, 3.05) is 13.1 Å². The molecule has 2 unspecified atom stereocenters. The maximum atomic E-state index is 6.01. The molecule has 1 aromatic rings. The zero-order valence-electron chi connectivity index (χ0n) is 10.1. The van der Waals surface area contributed by atoms with Crippen LogP contribution in [0.1, 0.15) is 31.4 Å². The monoisotopic (exact) mass is 274 g/mol. The first-order valence-corrected chi connectivity index (χ1v) is 6.29. The zero-order valence-corrected chi connectivity index (χ0v) is 11.7. The van der Waals surface area contributed by atoms with Crippen LogP contribution in [-0.4, -0.2) is 24.0 Å². The summed E-state index contributed by atoms with van der Waals surface area (Å²) in [6, 6.07) is 8.85. The van der Waals surface area contributed by atoms with E-state index in [2.05, 4.69) is 17.9 Å². The maximum absolute atomic E-state index is 6.01. The Morgan fingerprint density at radius 3 is 2.88 bits per heavy atom. The highest BCUT2D eigenvalue weighted by molar-refractivity contribution is 6.30. The van der Waals surface area contributed by atoms with Crippen molar-refractivity contribution in [1.82, 2.24) is 4.90 Å². The van der Waals surface area contributed by atoms with E-state index in [0.717, 1.165) is 24.5 Å². The van der Waals surface area contributed by atoms with Crippen molar-refractivity contribution in [1.29, 1.82) is 0 Å². The minimum atomic E-state index is 0. The molecule has 0 aliphatic carbocycles. The van der Waals surface area contributed by atoms with Crippen molar-refractivity contribution in [3.8, 4) is 0 Å². The Bertz CT molecular complexity index is 357. The van der Waals surface area contributed by atoms with Crippen LogP contribution in [0, 0.1) is 0 Å². The Kier molecular flexibility index (Phi) is 5.74. The molecule has 0 aromatic heterocycles. The molecule has 4 heteroatoms. The minimum absolute atomic E-state index is 0. The topological polar surface area (TPSA) is 29.3 Å². The Hall–Kier alpha value is -0.280. The van der Waals surface area contributed by atoms with Crippen molar-refractivity contribution < 1.29 is 0 Å². The Balaban J connectivity index is 0.00000144. The van der Waals surface area contributed by atoms with Crippen LogP contribution in [0.2, 0.25) is 5.02 Å². The summed E-state index contributed by atoms with van der Waals surface area (Å²) in [4.78, 5) is 2.44. The highest BCUT2D eigenvalue weighted by Gasteiger charge is 2.22. The average molecular weight is 275 g/mol. The predicted octanol–water partition coefficient (Wildman–Crippen LogP) is 3.25. The van der Waals surface area contributed by atoms with Gasteiger partial charge in [-0.05, 0) is 44.0 Å². The summed E-state index contributed by atoms with van der Waals surface area (Å²) < 4.78 is 0. The summed E-state index contributed by atoms with van der Waals surface area (Å²) in [7, 11) is 0. The lowest BCUT2D eigenvalue weighted by Gasteiger charge is -2.35. The van der Waals surface area contributed by atoms with Gasteiger partial charge in [-0.15, -0.1) is 12.4 Å². The first-order valence-electron chi connectivity index (χ1n) is 5.92. The third kappa shape index (κ3) is 3.85. The SMILES string of the molecule is CC(c1cccc(Cl)c1)N1CCCC(N)C1.Cl. The smallest absolute Gasteiger partial charge is 0.0409 e. The van der Waals surface area contributed by atoms with Crippen LogP contribution in [0.5, 0.6) is 0 Å². The molecule has 0 radical (unpaired) electrons. The standard InChI is InChI=1S/C13H19ClN2.ClH/c1-10(11-4-2-5-12(14)8-11)16-7-3-6-13(15)9-16;/h2,4-5,8,10,13H,3,6-7,9,15H2,1H3;1H. The van der Waals surface area contributed by atoms with E-state index >= 15 is 0 Å². The van der Waals surface area contributed by atoms with Crippen molar-refractivity contribution >= 4 is 24.0 Å². The largest absolute Gasteiger partial charge is 0.327 e. The third-order valence-corrected chi connectivity index (χ3v) is 3.60. The van der Waals surface area contributed by atoms with Gasteiger partial charge in [-0.3, -0.25) is 4.90 Å². The van der Waals surface area contributed by atoms with Crippen molar-refractivity contribution in [2.45, 2.75) is 31.8 Å². The molecule has 2 N–H and O–H groups in total. The van der Waals surface area contributed by atoms with E-state index in [1.54, 1.807) is 0 Å². The molecule has 1 aromatic carbocycles. The van der Waals surface area contributed by atoms with Gasteiger partial charge in [0.15, 0.2) is 0 Å². The minimum Gasteiger partial charge on any atom is -0.327 e. The van der Waals surface area contributed by atoms with Gasteiger partial charge in [-0.2, -0.15) is 0 Å². The van der Waals surface area contributed by atoms with E-state index in [9.17, 15) is 0 Å². The summed E-state index contributed by atoms with van der Waals surface area (Å²) in [6.07, 6.45) is 2.35. The van der Waals surface area contributed by atoms with E-state index < -0.39 is 0 Å². The number of hydrogen-bond acceptors (Lipinski definition) is 2. The van der Waals surface area contributed by atoms with Crippen LogP contribution >= 0.6 is 24.0 Å². The molecule has 0 saturated carbocycles. The van der Waals surface area contributed by atoms with Gasteiger partial charge in [0.2, 0.25) is 0 Å². The van der Waals surface area contributed by atoms with Gasteiger partial charge >= 0.3 is 0 Å². The third-order valence-electron chi connectivity index (χ3n) is 3.37. The molecule has 2 atom stereocenters. The molecule has 1 heterocycles. The molecule has 2 rings (SSSR count). The Labute approximate surface area is 115 Å². The number of likely N-dealkylation sites (tertiary alicyclic amines) is 1. The normalized spacial score (nSPS) is 22.9. The van der Waals surface area contributed by atoms with Gasteiger partial charge in [0.1, 0.15) is 0 Å². The van der Waals surface area contributed by atoms with Crippen molar-refractivity contribution in [3.63, 3.8) is 0 Å². The number of rotatable bonds is 2. The molecule has 17 heavy (non-hydrogen) atoms. The number of benzene rings is 1. The molecule has 1 aliphatic rings. The molecule has 0 bridgehead atoms. The van der Waals surface area contributed by atoms with Crippen LogP contribution in [0.3, 0.4) is 0 Å². The van der Waals surface area contributed by atoms with Crippen LogP contribution < -0.4 is 5.73 Å². The van der Waals surface area contributed by atoms with Gasteiger partial charge in [0.25, 0.3) is 0 Å². The van der Waals surface area contributed by atoms with Gasteiger partial charge in [0.05, 0.1) is 0 Å². The number of nitrogens with two attached hydrogens (primary N) is 1. The fraction of sp³-hybridized carbons (Fsp3) is 0.538. The molecule has 96 valence electrons. The second-order valence-corrected chi connectivity index (χ2v) is 5.06. The van der Waals surface area contributed by atoms with Crippen molar-refractivity contribution in [2.24, 2.45) is 5.73 Å². The molecular formula is C13H20Cl2N2. The fourth-order valence-corrected chi connectivity index (χ4v) is 2.57.